The molecule has 0 amide bonds. The SMILES string of the molecule is CNSNCc1cccc(-c2cn(C)c3ncnc(N)c23)c1. The van der Waals surface area contributed by atoms with E-state index in [1.165, 1.54) is 24.0 Å². The first kappa shape index (κ1) is 14.8. The normalized spacial score (nSPS) is 11.2. The Balaban J connectivity index is 2.03. The van der Waals surface area contributed by atoms with Gasteiger partial charge in [-0.2, -0.15) is 0 Å². The molecule has 2 aromatic heterocycles. The van der Waals surface area contributed by atoms with Gasteiger partial charge < -0.3 is 10.3 Å². The van der Waals surface area contributed by atoms with Crippen LogP contribution in [0.5, 0.6) is 0 Å². The van der Waals surface area contributed by atoms with Crippen LogP contribution in [0.25, 0.3) is 22.2 Å². The van der Waals surface area contributed by atoms with Gasteiger partial charge in [0.05, 0.1) is 5.39 Å². The summed E-state index contributed by atoms with van der Waals surface area (Å²) in [5, 5.41) is 0.903. The second-order valence-corrected chi connectivity index (χ2v) is 5.84. The van der Waals surface area contributed by atoms with Crippen molar-refractivity contribution in [3.05, 3.63) is 42.4 Å². The van der Waals surface area contributed by atoms with Gasteiger partial charge in [0.15, 0.2) is 0 Å². The molecule has 0 saturated carbocycles. The van der Waals surface area contributed by atoms with Crippen molar-refractivity contribution in [3.8, 4) is 11.1 Å². The van der Waals surface area contributed by atoms with E-state index < -0.39 is 0 Å². The highest BCUT2D eigenvalue weighted by atomic mass is 32.2. The molecule has 22 heavy (non-hydrogen) atoms. The van der Waals surface area contributed by atoms with Crippen molar-refractivity contribution < 1.29 is 0 Å². The lowest BCUT2D eigenvalue weighted by atomic mass is 10.0. The van der Waals surface area contributed by atoms with Crippen LogP contribution < -0.4 is 15.2 Å². The third-order valence-corrected chi connectivity index (χ3v) is 3.96. The van der Waals surface area contributed by atoms with E-state index in [0.29, 0.717) is 5.82 Å². The van der Waals surface area contributed by atoms with E-state index >= 15 is 0 Å². The Morgan fingerprint density at radius 3 is 3.00 bits per heavy atom. The maximum atomic E-state index is 6.06. The lowest BCUT2D eigenvalue weighted by Crippen LogP contribution is -2.09. The van der Waals surface area contributed by atoms with Crippen molar-refractivity contribution in [2.24, 2.45) is 7.05 Å². The molecule has 4 N–H and O–H groups in total. The number of hydrogen-bond donors (Lipinski definition) is 3. The maximum Gasteiger partial charge on any atom is 0.145 e. The largest absolute Gasteiger partial charge is 0.383 e. The Labute approximate surface area is 133 Å². The first-order chi connectivity index (χ1) is 10.7. The number of nitrogen functional groups attached to an aromatic ring is 1. The van der Waals surface area contributed by atoms with Gasteiger partial charge in [-0.3, -0.25) is 4.72 Å². The van der Waals surface area contributed by atoms with Crippen LogP contribution in [0.2, 0.25) is 0 Å². The van der Waals surface area contributed by atoms with Gasteiger partial charge in [-0.25, -0.2) is 14.7 Å². The van der Waals surface area contributed by atoms with Gasteiger partial charge in [-0.15, -0.1) is 0 Å². The van der Waals surface area contributed by atoms with Crippen LogP contribution in [0.15, 0.2) is 36.8 Å². The van der Waals surface area contributed by atoms with Crippen LogP contribution in [0.3, 0.4) is 0 Å². The standard InChI is InChI=1S/C15H18N6S/c1-17-22-20-7-10-4-3-5-11(6-10)12-8-21(2)15-13(12)14(16)18-9-19-15/h3-6,8-9,17,20H,7H2,1-2H3,(H2,16,18,19). The van der Waals surface area contributed by atoms with Crippen molar-refractivity contribution in [1.82, 2.24) is 24.0 Å². The summed E-state index contributed by atoms with van der Waals surface area (Å²) in [7, 11) is 3.85. The highest BCUT2D eigenvalue weighted by molar-refractivity contribution is 7.95. The number of hydrogen-bond acceptors (Lipinski definition) is 6. The van der Waals surface area contributed by atoms with Gasteiger partial charge in [-0.05, 0) is 24.2 Å². The van der Waals surface area contributed by atoms with Crippen molar-refractivity contribution in [3.63, 3.8) is 0 Å². The van der Waals surface area contributed by atoms with Crippen LogP contribution >= 0.6 is 12.1 Å². The van der Waals surface area contributed by atoms with Crippen molar-refractivity contribution in [2.75, 3.05) is 12.8 Å². The first-order valence-electron chi connectivity index (χ1n) is 6.91. The van der Waals surface area contributed by atoms with Crippen LogP contribution in [0.1, 0.15) is 5.56 Å². The maximum absolute atomic E-state index is 6.06. The topological polar surface area (TPSA) is 80.8 Å². The van der Waals surface area contributed by atoms with Gasteiger partial charge in [-0.1, -0.05) is 18.2 Å². The molecule has 0 saturated heterocycles. The summed E-state index contributed by atoms with van der Waals surface area (Å²) in [6, 6.07) is 8.38. The van der Waals surface area contributed by atoms with Crippen LogP contribution in [-0.4, -0.2) is 21.6 Å². The van der Waals surface area contributed by atoms with Gasteiger partial charge in [0.1, 0.15) is 17.8 Å². The second kappa shape index (κ2) is 6.35. The van der Waals surface area contributed by atoms with Gasteiger partial charge >= 0.3 is 0 Å². The predicted molar refractivity (Wildman–Crippen MR) is 91.8 cm³/mol. The number of fused-ring (bicyclic) bond motifs is 1. The molecule has 6 nitrogen and oxygen atoms in total. The Hall–Kier alpha value is -2.09. The molecule has 0 unspecified atom stereocenters. The molecule has 114 valence electrons. The molecule has 3 rings (SSSR count). The molecular formula is C15H18N6S. The predicted octanol–water partition coefficient (Wildman–Crippen LogP) is 2.09. The number of nitrogens with one attached hydrogen (secondary N) is 2. The lowest BCUT2D eigenvalue weighted by molar-refractivity contribution is 0.944. The summed E-state index contributed by atoms with van der Waals surface area (Å²) in [6.45, 7) is 0.774. The molecule has 3 aromatic rings. The van der Waals surface area contributed by atoms with E-state index in [9.17, 15) is 0 Å². The molecule has 0 aliphatic rings. The third kappa shape index (κ3) is 2.78. The van der Waals surface area contributed by atoms with Gasteiger partial charge in [0.2, 0.25) is 0 Å². The van der Waals surface area contributed by atoms with E-state index in [-0.39, 0.29) is 0 Å². The quantitative estimate of drug-likeness (QED) is 0.494. The number of nitrogens with zero attached hydrogens (tertiary/aromatic N) is 3. The van der Waals surface area contributed by atoms with E-state index in [4.69, 9.17) is 5.73 Å². The summed E-state index contributed by atoms with van der Waals surface area (Å²) in [6.07, 6.45) is 3.54. The molecule has 0 aliphatic carbocycles. The fraction of sp³-hybridized carbons (Fsp3) is 0.200. The monoisotopic (exact) mass is 314 g/mol. The number of anilines is 1. The Morgan fingerprint density at radius 2 is 2.18 bits per heavy atom. The number of aromatic nitrogens is 3. The van der Waals surface area contributed by atoms with Crippen LogP contribution in [0, 0.1) is 0 Å². The molecular weight excluding hydrogens is 296 g/mol. The molecule has 7 heteroatoms. The van der Waals surface area contributed by atoms with Gasteiger partial charge in [0.25, 0.3) is 0 Å². The summed E-state index contributed by atoms with van der Waals surface area (Å²) in [5.74, 6) is 0.509. The minimum absolute atomic E-state index is 0.509. The molecule has 0 radical (unpaired) electrons. The van der Waals surface area contributed by atoms with Gasteiger partial charge in [0, 0.05) is 37.5 Å². The van der Waals surface area contributed by atoms with Crippen molar-refractivity contribution in [1.29, 1.82) is 0 Å². The van der Waals surface area contributed by atoms with Crippen LogP contribution in [0.4, 0.5) is 5.82 Å². The van der Waals surface area contributed by atoms with Crippen molar-refractivity contribution in [2.45, 2.75) is 6.54 Å². The van der Waals surface area contributed by atoms with E-state index in [1.807, 2.05) is 24.9 Å². The second-order valence-electron chi connectivity index (χ2n) is 4.94. The minimum Gasteiger partial charge on any atom is -0.383 e. The molecule has 0 aliphatic heterocycles. The average molecular weight is 314 g/mol. The smallest absolute Gasteiger partial charge is 0.145 e. The summed E-state index contributed by atoms with van der Waals surface area (Å²) in [5.41, 5.74) is 10.3. The molecule has 0 fully saturated rings. The number of aryl methyl sites for hydroxylation is 1. The molecule has 1 aromatic carbocycles. The van der Waals surface area contributed by atoms with Crippen molar-refractivity contribution >= 4 is 29.0 Å². The first-order valence-corrected chi connectivity index (χ1v) is 7.72. The zero-order chi connectivity index (χ0) is 15.5. The Kier molecular flexibility index (Phi) is 4.28. The zero-order valence-corrected chi connectivity index (χ0v) is 13.3. The number of nitrogens with two attached hydrogens (primary N) is 1. The van der Waals surface area contributed by atoms with Crippen LogP contribution in [-0.2, 0) is 13.6 Å². The average Bonchev–Trinajstić information content (AvgIpc) is 2.87. The highest BCUT2D eigenvalue weighted by Gasteiger charge is 2.13. The van der Waals surface area contributed by atoms with E-state index in [0.717, 1.165) is 28.7 Å². The minimum atomic E-state index is 0.509. The Morgan fingerprint density at radius 1 is 1.32 bits per heavy atom. The molecule has 0 bridgehead atoms. The number of benzene rings is 1. The summed E-state index contributed by atoms with van der Waals surface area (Å²) >= 11 is 1.47. The number of rotatable bonds is 5. The Bertz CT molecular complexity index is 798. The highest BCUT2D eigenvalue weighted by Crippen LogP contribution is 2.32. The lowest BCUT2D eigenvalue weighted by Gasteiger charge is -2.06. The third-order valence-electron chi connectivity index (χ3n) is 3.47. The van der Waals surface area contributed by atoms with E-state index in [1.54, 1.807) is 0 Å². The fourth-order valence-electron chi connectivity index (χ4n) is 2.49. The fourth-order valence-corrected chi connectivity index (χ4v) is 2.88. The molecule has 0 spiro atoms. The summed E-state index contributed by atoms with van der Waals surface area (Å²) < 4.78 is 8.20. The molecule has 0 atom stereocenters. The molecule has 2 heterocycles. The van der Waals surface area contributed by atoms with E-state index in [2.05, 4.69) is 43.7 Å². The zero-order valence-electron chi connectivity index (χ0n) is 12.5. The summed E-state index contributed by atoms with van der Waals surface area (Å²) in [4.78, 5) is 8.44.